The maximum absolute atomic E-state index is 13.4. The van der Waals surface area contributed by atoms with Crippen LogP contribution in [-0.2, 0) is 19.1 Å². The fraction of sp³-hybridized carbons (Fsp3) is 0.889. The van der Waals surface area contributed by atoms with Crippen molar-refractivity contribution in [2.45, 2.75) is 183 Å². The molecule has 4 nitrogen and oxygen atoms in total. The molecule has 236 valence electrons. The summed E-state index contributed by atoms with van der Waals surface area (Å²) in [5, 5.41) is 0. The van der Waals surface area contributed by atoms with Crippen LogP contribution in [0.1, 0.15) is 183 Å². The van der Waals surface area contributed by atoms with Gasteiger partial charge < -0.3 is 9.47 Å². The number of hydrogen-bond acceptors (Lipinski definition) is 4. The van der Waals surface area contributed by atoms with Gasteiger partial charge >= 0.3 is 11.9 Å². The third kappa shape index (κ3) is 23.4. The molecule has 0 saturated carbocycles. The minimum atomic E-state index is -0.286. The van der Waals surface area contributed by atoms with E-state index in [9.17, 15) is 9.59 Å². The van der Waals surface area contributed by atoms with Gasteiger partial charge in [0.05, 0.1) is 13.2 Å². The number of carbonyl (C=O) groups excluding carboxylic acids is 2. The Morgan fingerprint density at radius 2 is 0.775 bits per heavy atom. The Hall–Kier alpha value is -1.32. The number of unbranched alkanes of at least 4 members (excludes halogenated alkanes) is 14. The maximum atomic E-state index is 13.4. The van der Waals surface area contributed by atoms with Crippen LogP contribution in [-0.4, -0.2) is 25.2 Å². The molecule has 0 aromatic rings. The number of carbonyl (C=O) groups is 2. The summed E-state index contributed by atoms with van der Waals surface area (Å²) in [5.41, 5.74) is 1.18. The van der Waals surface area contributed by atoms with E-state index in [1.807, 2.05) is 0 Å². The van der Waals surface area contributed by atoms with Gasteiger partial charge in [-0.1, -0.05) is 144 Å². The highest BCUT2D eigenvalue weighted by Crippen LogP contribution is 2.24. The Balaban J connectivity index is 5.35. The largest absolute Gasteiger partial charge is 0.462 e. The average Bonchev–Trinajstić information content (AvgIpc) is 2.91. The van der Waals surface area contributed by atoms with Crippen LogP contribution in [0.25, 0.3) is 0 Å². The third-order valence-electron chi connectivity index (χ3n) is 7.74. The van der Waals surface area contributed by atoms with Crippen LogP contribution in [0.5, 0.6) is 0 Å². The molecule has 0 spiro atoms. The Morgan fingerprint density at radius 3 is 1.12 bits per heavy atom. The first-order valence-corrected chi connectivity index (χ1v) is 17.4. The van der Waals surface area contributed by atoms with E-state index in [2.05, 4.69) is 41.5 Å². The van der Waals surface area contributed by atoms with Crippen molar-refractivity contribution in [2.24, 2.45) is 11.8 Å². The van der Waals surface area contributed by atoms with Crippen LogP contribution in [0, 0.1) is 11.8 Å². The molecule has 0 heterocycles. The molecule has 0 fully saturated rings. The van der Waals surface area contributed by atoms with Crippen LogP contribution in [0.4, 0.5) is 0 Å². The number of hydrogen-bond donors (Lipinski definition) is 0. The zero-order valence-corrected chi connectivity index (χ0v) is 27.8. The Morgan fingerprint density at radius 1 is 0.450 bits per heavy atom. The van der Waals surface area contributed by atoms with Crippen molar-refractivity contribution in [3.63, 3.8) is 0 Å². The summed E-state index contributed by atoms with van der Waals surface area (Å²) in [4.78, 5) is 26.7. The van der Waals surface area contributed by atoms with Crippen LogP contribution < -0.4 is 0 Å². The molecule has 0 radical (unpaired) electrons. The van der Waals surface area contributed by atoms with E-state index in [1.54, 1.807) is 0 Å². The first-order chi connectivity index (χ1) is 19.3. The van der Waals surface area contributed by atoms with Gasteiger partial charge in [0.2, 0.25) is 0 Å². The van der Waals surface area contributed by atoms with E-state index in [1.165, 1.54) is 64.2 Å². The number of ether oxygens (including phenoxy) is 2. The predicted molar refractivity (Wildman–Crippen MR) is 172 cm³/mol. The van der Waals surface area contributed by atoms with Gasteiger partial charge in [-0.2, -0.15) is 0 Å². The first kappa shape index (κ1) is 38.7. The molecule has 0 N–H and O–H groups in total. The summed E-state index contributed by atoms with van der Waals surface area (Å²) >= 11 is 0. The van der Waals surface area contributed by atoms with Gasteiger partial charge in [-0.25, -0.2) is 9.59 Å². The van der Waals surface area contributed by atoms with Crippen molar-refractivity contribution in [3.05, 3.63) is 11.1 Å². The standard InChI is InChI=1S/C36H68O4/c1-7-9-11-13-15-23-29-39-35(37)33(27-21-17-19-25-31(3)4)34(28-22-18-20-26-32(5)6)36(38)40-30-24-16-14-12-10-8-2/h31-32H,7-30H2,1-6H3/b34-33-. The highest BCUT2D eigenvalue weighted by atomic mass is 16.5. The molecule has 0 aliphatic carbocycles. The molecule has 0 aromatic carbocycles. The van der Waals surface area contributed by atoms with Gasteiger partial charge in [0.1, 0.15) is 0 Å². The Labute approximate surface area is 249 Å². The summed E-state index contributed by atoms with van der Waals surface area (Å²) in [6.07, 6.45) is 23.7. The normalized spacial score (nSPS) is 12.2. The van der Waals surface area contributed by atoms with Gasteiger partial charge in [0.25, 0.3) is 0 Å². The van der Waals surface area contributed by atoms with Gasteiger partial charge in [-0.05, 0) is 50.4 Å². The smallest absolute Gasteiger partial charge is 0.334 e. The molecular formula is C36H68O4. The molecule has 0 saturated heterocycles. The van der Waals surface area contributed by atoms with Crippen molar-refractivity contribution < 1.29 is 19.1 Å². The van der Waals surface area contributed by atoms with Gasteiger partial charge in [-0.15, -0.1) is 0 Å². The van der Waals surface area contributed by atoms with E-state index < -0.39 is 0 Å². The van der Waals surface area contributed by atoms with E-state index in [-0.39, 0.29) is 11.9 Å². The fourth-order valence-electron chi connectivity index (χ4n) is 5.08. The molecule has 0 aromatic heterocycles. The predicted octanol–water partition coefficient (Wildman–Crippen LogP) is 11.3. The second kappa shape index (κ2) is 27.8. The SMILES string of the molecule is CCCCCCCCOC(=O)/C(CCCCCC(C)C)=C(/CCCCCC(C)C)C(=O)OCCCCCCCC. The monoisotopic (exact) mass is 565 g/mol. The van der Waals surface area contributed by atoms with Crippen molar-refractivity contribution in [2.75, 3.05) is 13.2 Å². The maximum Gasteiger partial charge on any atom is 0.334 e. The fourth-order valence-corrected chi connectivity index (χ4v) is 5.08. The van der Waals surface area contributed by atoms with Crippen LogP contribution >= 0.6 is 0 Å². The highest BCUT2D eigenvalue weighted by Gasteiger charge is 2.23. The zero-order valence-electron chi connectivity index (χ0n) is 27.8. The summed E-state index contributed by atoms with van der Waals surface area (Å²) < 4.78 is 11.5. The molecule has 0 aliphatic rings. The summed E-state index contributed by atoms with van der Waals surface area (Å²) in [5.74, 6) is 0.809. The molecular weight excluding hydrogens is 496 g/mol. The van der Waals surface area contributed by atoms with Gasteiger partial charge in [0.15, 0.2) is 0 Å². The quantitative estimate of drug-likeness (QED) is 0.0538. The minimum Gasteiger partial charge on any atom is -0.462 e. The molecule has 0 rings (SSSR count). The lowest BCUT2D eigenvalue weighted by atomic mass is 9.95. The van der Waals surface area contributed by atoms with E-state index in [0.29, 0.717) is 49.0 Å². The van der Waals surface area contributed by atoms with Crippen molar-refractivity contribution in [1.82, 2.24) is 0 Å². The van der Waals surface area contributed by atoms with Crippen LogP contribution in [0.15, 0.2) is 11.1 Å². The van der Waals surface area contributed by atoms with Crippen LogP contribution in [0.2, 0.25) is 0 Å². The lowest BCUT2D eigenvalue weighted by Gasteiger charge is -2.16. The molecule has 0 amide bonds. The Bertz CT molecular complexity index is 581. The van der Waals surface area contributed by atoms with Crippen molar-refractivity contribution in [1.29, 1.82) is 0 Å². The molecule has 40 heavy (non-hydrogen) atoms. The highest BCUT2D eigenvalue weighted by molar-refractivity contribution is 6.00. The van der Waals surface area contributed by atoms with E-state index in [0.717, 1.165) is 64.2 Å². The van der Waals surface area contributed by atoms with Gasteiger partial charge in [-0.3, -0.25) is 0 Å². The van der Waals surface area contributed by atoms with Crippen LogP contribution in [0.3, 0.4) is 0 Å². The lowest BCUT2D eigenvalue weighted by Crippen LogP contribution is -2.18. The topological polar surface area (TPSA) is 52.6 Å². The zero-order chi connectivity index (χ0) is 29.8. The second-order valence-electron chi connectivity index (χ2n) is 12.8. The summed E-state index contributed by atoms with van der Waals surface area (Å²) in [7, 11) is 0. The third-order valence-corrected chi connectivity index (χ3v) is 7.74. The van der Waals surface area contributed by atoms with E-state index >= 15 is 0 Å². The van der Waals surface area contributed by atoms with Crippen molar-refractivity contribution >= 4 is 11.9 Å². The van der Waals surface area contributed by atoms with Gasteiger partial charge in [0, 0.05) is 11.1 Å². The summed E-state index contributed by atoms with van der Waals surface area (Å²) in [6, 6.07) is 0. The second-order valence-corrected chi connectivity index (χ2v) is 12.8. The summed E-state index contributed by atoms with van der Waals surface area (Å²) in [6.45, 7) is 14.3. The Kier molecular flexibility index (Phi) is 26.9. The average molecular weight is 565 g/mol. The molecule has 0 bridgehead atoms. The molecule has 0 unspecified atom stereocenters. The number of esters is 2. The molecule has 0 aliphatic heterocycles. The van der Waals surface area contributed by atoms with Crippen molar-refractivity contribution in [3.8, 4) is 0 Å². The molecule has 0 atom stereocenters. The number of rotatable bonds is 28. The molecule has 4 heteroatoms. The van der Waals surface area contributed by atoms with E-state index in [4.69, 9.17) is 9.47 Å². The first-order valence-electron chi connectivity index (χ1n) is 17.4. The lowest BCUT2D eigenvalue weighted by molar-refractivity contribution is -0.142. The minimum absolute atomic E-state index is 0.286.